The highest BCUT2D eigenvalue weighted by Gasteiger charge is 2.36. The van der Waals surface area contributed by atoms with E-state index in [4.69, 9.17) is 0 Å². The summed E-state index contributed by atoms with van der Waals surface area (Å²) in [4.78, 5) is -0.581. The van der Waals surface area contributed by atoms with Crippen molar-refractivity contribution in [1.29, 1.82) is 0 Å². The molecule has 0 radical (unpaired) electrons. The van der Waals surface area contributed by atoms with Crippen molar-refractivity contribution in [2.75, 3.05) is 5.88 Å². The zero-order chi connectivity index (χ0) is 7.78. The first-order chi connectivity index (χ1) is 4.50. The van der Waals surface area contributed by atoms with Gasteiger partial charge in [0.05, 0.1) is 5.88 Å². The van der Waals surface area contributed by atoms with Gasteiger partial charge in [-0.3, -0.25) is 0 Å². The SMILES string of the molecule is FC(F)(F)C1=CN(S)CS1. The van der Waals surface area contributed by atoms with Crippen LogP contribution in [0.2, 0.25) is 0 Å². The van der Waals surface area contributed by atoms with Crippen molar-refractivity contribution in [2.45, 2.75) is 6.18 Å². The van der Waals surface area contributed by atoms with Crippen LogP contribution in [0.5, 0.6) is 0 Å². The Morgan fingerprint density at radius 1 is 1.60 bits per heavy atom. The van der Waals surface area contributed by atoms with Gasteiger partial charge >= 0.3 is 6.18 Å². The van der Waals surface area contributed by atoms with E-state index >= 15 is 0 Å². The van der Waals surface area contributed by atoms with Crippen LogP contribution in [0, 0.1) is 0 Å². The summed E-state index contributed by atoms with van der Waals surface area (Å²) in [6.07, 6.45) is -3.23. The minimum absolute atomic E-state index is 0.262. The predicted octanol–water partition coefficient (Wildman–Crippen LogP) is 2.24. The zero-order valence-corrected chi connectivity index (χ0v) is 6.43. The molecular formula is C4H4F3NS2. The second kappa shape index (κ2) is 2.58. The first-order valence-corrected chi connectivity index (χ1v) is 3.76. The van der Waals surface area contributed by atoms with E-state index in [2.05, 4.69) is 12.8 Å². The van der Waals surface area contributed by atoms with Crippen molar-refractivity contribution < 1.29 is 13.2 Å². The number of halogens is 3. The summed E-state index contributed by atoms with van der Waals surface area (Å²) >= 11 is 4.46. The van der Waals surface area contributed by atoms with Gasteiger partial charge in [0.25, 0.3) is 0 Å². The van der Waals surface area contributed by atoms with Gasteiger partial charge in [0.1, 0.15) is 4.91 Å². The molecule has 0 aromatic rings. The molecule has 10 heavy (non-hydrogen) atoms. The van der Waals surface area contributed by atoms with Crippen LogP contribution in [-0.4, -0.2) is 16.4 Å². The number of hydrogen-bond acceptors (Lipinski definition) is 3. The maximum Gasteiger partial charge on any atom is 0.423 e. The monoisotopic (exact) mass is 187 g/mol. The molecule has 1 aliphatic heterocycles. The molecule has 0 aliphatic carbocycles. The van der Waals surface area contributed by atoms with Crippen LogP contribution in [0.1, 0.15) is 0 Å². The van der Waals surface area contributed by atoms with E-state index in [0.29, 0.717) is 0 Å². The first kappa shape index (κ1) is 8.13. The molecule has 1 aliphatic rings. The van der Waals surface area contributed by atoms with Gasteiger partial charge in [-0.05, 0) is 0 Å². The molecule has 1 heterocycles. The Balaban J connectivity index is 2.67. The molecule has 0 atom stereocenters. The smallest absolute Gasteiger partial charge is 0.314 e. The number of thiol groups is 1. The molecule has 0 bridgehead atoms. The summed E-state index contributed by atoms with van der Waals surface area (Å²) in [5.41, 5.74) is 0. The molecule has 0 spiro atoms. The molecule has 0 saturated carbocycles. The Morgan fingerprint density at radius 3 is 2.40 bits per heavy atom. The molecule has 1 nitrogen and oxygen atoms in total. The molecule has 0 N–H and O–H groups in total. The highest BCUT2D eigenvalue weighted by Crippen LogP contribution is 2.39. The average molecular weight is 187 g/mol. The van der Waals surface area contributed by atoms with Crippen LogP contribution in [0.15, 0.2) is 11.1 Å². The average Bonchev–Trinajstić information content (AvgIpc) is 2.11. The third-order valence-electron chi connectivity index (χ3n) is 0.898. The summed E-state index contributed by atoms with van der Waals surface area (Å²) in [5.74, 6) is 0.262. The number of alkyl halides is 3. The molecule has 0 unspecified atom stereocenters. The van der Waals surface area contributed by atoms with E-state index in [0.717, 1.165) is 18.0 Å². The Labute approximate surface area is 65.8 Å². The normalized spacial score (nSPS) is 19.6. The minimum Gasteiger partial charge on any atom is -0.314 e. The molecule has 0 fully saturated rings. The highest BCUT2D eigenvalue weighted by molar-refractivity contribution is 8.03. The van der Waals surface area contributed by atoms with E-state index in [-0.39, 0.29) is 5.88 Å². The predicted molar refractivity (Wildman–Crippen MR) is 37.4 cm³/mol. The van der Waals surface area contributed by atoms with Crippen molar-refractivity contribution in [3.63, 3.8) is 0 Å². The van der Waals surface area contributed by atoms with Gasteiger partial charge in [-0.25, -0.2) is 0 Å². The van der Waals surface area contributed by atoms with Crippen molar-refractivity contribution in [3.05, 3.63) is 11.1 Å². The minimum atomic E-state index is -4.21. The van der Waals surface area contributed by atoms with Crippen molar-refractivity contribution >= 4 is 24.6 Å². The lowest BCUT2D eigenvalue weighted by molar-refractivity contribution is -0.0837. The fraction of sp³-hybridized carbons (Fsp3) is 0.500. The summed E-state index contributed by atoms with van der Waals surface area (Å²) in [6.45, 7) is 0. The summed E-state index contributed by atoms with van der Waals surface area (Å²) < 4.78 is 36.6. The van der Waals surface area contributed by atoms with E-state index < -0.39 is 11.1 Å². The second-order valence-corrected chi connectivity index (χ2v) is 3.20. The number of allylic oxidation sites excluding steroid dienone is 1. The van der Waals surface area contributed by atoms with Crippen molar-refractivity contribution in [1.82, 2.24) is 4.31 Å². The van der Waals surface area contributed by atoms with Gasteiger partial charge in [0.15, 0.2) is 0 Å². The van der Waals surface area contributed by atoms with Crippen LogP contribution in [0.3, 0.4) is 0 Å². The van der Waals surface area contributed by atoms with Gasteiger partial charge in [0, 0.05) is 6.20 Å². The molecule has 0 aromatic heterocycles. The number of thioether (sulfide) groups is 1. The van der Waals surface area contributed by atoms with Crippen molar-refractivity contribution in [3.8, 4) is 0 Å². The van der Waals surface area contributed by atoms with Crippen LogP contribution < -0.4 is 0 Å². The lowest BCUT2D eigenvalue weighted by atomic mass is 10.6. The largest absolute Gasteiger partial charge is 0.423 e. The lowest BCUT2D eigenvalue weighted by Crippen LogP contribution is -2.07. The van der Waals surface area contributed by atoms with Gasteiger partial charge < -0.3 is 4.31 Å². The van der Waals surface area contributed by atoms with Gasteiger partial charge in [-0.2, -0.15) is 13.2 Å². The fourth-order valence-corrected chi connectivity index (χ4v) is 1.58. The van der Waals surface area contributed by atoms with Gasteiger partial charge in [-0.1, -0.05) is 24.6 Å². The Hall–Kier alpha value is 0.0300. The number of nitrogens with zero attached hydrogens (tertiary/aromatic N) is 1. The van der Waals surface area contributed by atoms with E-state index in [1.807, 2.05) is 0 Å². The first-order valence-electron chi connectivity index (χ1n) is 2.37. The van der Waals surface area contributed by atoms with Gasteiger partial charge in [0.2, 0.25) is 0 Å². The number of hydrogen-bond donors (Lipinski definition) is 1. The maximum atomic E-state index is 11.8. The standard InChI is InChI=1S/C4H4F3NS2/c5-4(6,7)3-1-8(9)2-10-3/h1,9H,2H2. The molecular weight excluding hydrogens is 183 g/mol. The fourth-order valence-electron chi connectivity index (χ4n) is 0.501. The molecule has 0 aromatic carbocycles. The van der Waals surface area contributed by atoms with Crippen molar-refractivity contribution in [2.24, 2.45) is 0 Å². The second-order valence-electron chi connectivity index (χ2n) is 1.70. The summed E-state index contributed by atoms with van der Waals surface area (Å²) in [7, 11) is 0. The molecule has 0 saturated heterocycles. The summed E-state index contributed by atoms with van der Waals surface area (Å²) in [6, 6.07) is 0. The molecule has 58 valence electrons. The Kier molecular flexibility index (Phi) is 2.10. The zero-order valence-electron chi connectivity index (χ0n) is 4.72. The van der Waals surface area contributed by atoms with Crippen LogP contribution in [0.4, 0.5) is 13.2 Å². The molecule has 6 heteroatoms. The van der Waals surface area contributed by atoms with E-state index in [9.17, 15) is 13.2 Å². The quantitative estimate of drug-likeness (QED) is 0.579. The number of rotatable bonds is 0. The Morgan fingerprint density at radius 2 is 2.20 bits per heavy atom. The topological polar surface area (TPSA) is 3.24 Å². The maximum absolute atomic E-state index is 11.8. The van der Waals surface area contributed by atoms with E-state index in [1.165, 1.54) is 4.31 Å². The third kappa shape index (κ3) is 1.76. The molecule has 1 rings (SSSR count). The van der Waals surface area contributed by atoms with Crippen LogP contribution in [0.25, 0.3) is 0 Å². The summed E-state index contributed by atoms with van der Waals surface area (Å²) in [5, 5.41) is 0. The Bertz CT molecular complexity index is 164. The molecule has 0 amide bonds. The van der Waals surface area contributed by atoms with Crippen LogP contribution in [-0.2, 0) is 0 Å². The van der Waals surface area contributed by atoms with Gasteiger partial charge in [-0.15, -0.1) is 0 Å². The third-order valence-corrected chi connectivity index (χ3v) is 2.40. The van der Waals surface area contributed by atoms with E-state index in [1.54, 1.807) is 0 Å². The highest BCUT2D eigenvalue weighted by atomic mass is 32.2. The lowest BCUT2D eigenvalue weighted by Gasteiger charge is -2.02. The van der Waals surface area contributed by atoms with Crippen LogP contribution >= 0.6 is 24.6 Å².